The molecule has 0 aliphatic rings. The van der Waals surface area contributed by atoms with Gasteiger partial charge in [-0.2, -0.15) is 0 Å². The molecule has 0 aliphatic carbocycles. The maximum absolute atomic E-state index is 6.66. The van der Waals surface area contributed by atoms with Gasteiger partial charge in [-0.1, -0.05) is 158 Å². The lowest BCUT2D eigenvalue weighted by molar-refractivity contribution is 0.673. The van der Waals surface area contributed by atoms with E-state index in [4.69, 9.17) is 4.42 Å². The molecule has 2 nitrogen and oxygen atoms in total. The van der Waals surface area contributed by atoms with Gasteiger partial charge in [0.1, 0.15) is 11.2 Å². The highest BCUT2D eigenvalue weighted by molar-refractivity contribution is 7.26. The third-order valence-corrected chi connectivity index (χ3v) is 12.1. The first-order chi connectivity index (χ1) is 27.3. The van der Waals surface area contributed by atoms with E-state index in [1.807, 2.05) is 11.3 Å². The molecule has 0 unspecified atom stereocenters. The van der Waals surface area contributed by atoms with Crippen LogP contribution >= 0.6 is 11.3 Å². The van der Waals surface area contributed by atoms with Crippen molar-refractivity contribution in [3.8, 4) is 33.4 Å². The van der Waals surface area contributed by atoms with E-state index in [0.717, 1.165) is 55.5 Å². The third kappa shape index (κ3) is 5.24. The maximum atomic E-state index is 6.66. The predicted octanol–water partition coefficient (Wildman–Crippen LogP) is 15.6. The summed E-state index contributed by atoms with van der Waals surface area (Å²) < 4.78 is 9.21. The standard InChI is InChI=1S/C52H33NOS/c1-2-12-34(13-3-1)35-24-26-36(27-25-35)37-28-31-39(32-29-37)53(47-21-10-19-44-42-17-7-9-23-49(42)55-52(44)47)46-20-8-6-16-41(46)43-18-11-22-48-50(43)45-33-30-38-14-4-5-15-40(38)51(45)54-48/h1-33H. The molecule has 0 fully saturated rings. The van der Waals surface area contributed by atoms with E-state index in [9.17, 15) is 0 Å². The first kappa shape index (κ1) is 31.6. The molecule has 0 N–H and O–H groups in total. The van der Waals surface area contributed by atoms with Crippen LogP contribution in [0.2, 0.25) is 0 Å². The van der Waals surface area contributed by atoms with Crippen molar-refractivity contribution >= 4 is 81.3 Å². The minimum atomic E-state index is 0.888. The Morgan fingerprint density at radius 1 is 0.382 bits per heavy atom. The van der Waals surface area contributed by atoms with Crippen LogP contribution in [-0.4, -0.2) is 0 Å². The van der Waals surface area contributed by atoms with Crippen LogP contribution in [0.5, 0.6) is 0 Å². The second kappa shape index (κ2) is 12.9. The molecular weight excluding hydrogens is 687 g/mol. The molecule has 0 bridgehead atoms. The van der Waals surface area contributed by atoms with Crippen LogP contribution in [0.3, 0.4) is 0 Å². The van der Waals surface area contributed by atoms with Gasteiger partial charge in [-0.25, -0.2) is 0 Å². The number of rotatable bonds is 6. The molecule has 55 heavy (non-hydrogen) atoms. The number of benzene rings is 9. The molecule has 2 aromatic heterocycles. The predicted molar refractivity (Wildman–Crippen MR) is 235 cm³/mol. The molecule has 11 rings (SSSR count). The molecule has 0 aliphatic heterocycles. The molecule has 2 heterocycles. The van der Waals surface area contributed by atoms with Gasteiger partial charge in [0, 0.05) is 42.9 Å². The number of hydrogen-bond acceptors (Lipinski definition) is 3. The fraction of sp³-hybridized carbons (Fsp3) is 0. The summed E-state index contributed by atoms with van der Waals surface area (Å²) in [6, 6.07) is 72.1. The van der Waals surface area contributed by atoms with Crippen molar-refractivity contribution in [3.63, 3.8) is 0 Å². The van der Waals surface area contributed by atoms with Crippen molar-refractivity contribution in [2.75, 3.05) is 4.90 Å². The van der Waals surface area contributed by atoms with E-state index in [-0.39, 0.29) is 0 Å². The fourth-order valence-electron chi connectivity index (χ4n) is 8.28. The van der Waals surface area contributed by atoms with Crippen LogP contribution in [0, 0.1) is 0 Å². The van der Waals surface area contributed by atoms with Gasteiger partial charge in [-0.15, -0.1) is 11.3 Å². The highest BCUT2D eigenvalue weighted by Crippen LogP contribution is 2.49. The number of thiophene rings is 1. The number of para-hydroxylation sites is 1. The Labute approximate surface area is 322 Å². The Balaban J connectivity index is 1.10. The van der Waals surface area contributed by atoms with Crippen molar-refractivity contribution in [1.29, 1.82) is 0 Å². The van der Waals surface area contributed by atoms with Gasteiger partial charge in [-0.3, -0.25) is 0 Å². The van der Waals surface area contributed by atoms with Crippen molar-refractivity contribution in [1.82, 2.24) is 0 Å². The van der Waals surface area contributed by atoms with E-state index in [1.54, 1.807) is 0 Å². The van der Waals surface area contributed by atoms with Crippen LogP contribution in [0.1, 0.15) is 0 Å². The Hall–Kier alpha value is -6.94. The first-order valence-electron chi connectivity index (χ1n) is 18.7. The van der Waals surface area contributed by atoms with Crippen LogP contribution in [0.4, 0.5) is 17.1 Å². The van der Waals surface area contributed by atoms with E-state index in [2.05, 4.69) is 205 Å². The minimum absolute atomic E-state index is 0.888. The van der Waals surface area contributed by atoms with Crippen LogP contribution in [0.25, 0.3) is 86.3 Å². The largest absolute Gasteiger partial charge is 0.455 e. The molecular formula is C52H33NOS. The van der Waals surface area contributed by atoms with Crippen LogP contribution in [-0.2, 0) is 0 Å². The Bertz CT molecular complexity index is 3190. The van der Waals surface area contributed by atoms with Gasteiger partial charge in [0.15, 0.2) is 0 Å². The van der Waals surface area contributed by atoms with Gasteiger partial charge in [0.25, 0.3) is 0 Å². The SMILES string of the molecule is c1ccc(-c2ccc(-c3ccc(N(c4ccccc4-c4cccc5oc6c7ccccc7ccc6c45)c4cccc5c4sc4ccccc45)cc3)cc2)cc1. The molecule has 258 valence electrons. The zero-order valence-corrected chi connectivity index (χ0v) is 30.6. The normalized spacial score (nSPS) is 11.6. The van der Waals surface area contributed by atoms with Gasteiger partial charge in [-0.05, 0) is 75.7 Å². The van der Waals surface area contributed by atoms with Crippen molar-refractivity contribution in [2.45, 2.75) is 0 Å². The topological polar surface area (TPSA) is 16.4 Å². The average Bonchev–Trinajstić information content (AvgIpc) is 3.84. The van der Waals surface area contributed by atoms with Gasteiger partial charge < -0.3 is 9.32 Å². The molecule has 3 heteroatoms. The summed E-state index contributed by atoms with van der Waals surface area (Å²) in [5.74, 6) is 0. The van der Waals surface area contributed by atoms with E-state index in [0.29, 0.717) is 0 Å². The lowest BCUT2D eigenvalue weighted by Crippen LogP contribution is -2.11. The molecule has 11 aromatic rings. The van der Waals surface area contributed by atoms with E-state index < -0.39 is 0 Å². The molecule has 0 atom stereocenters. The number of furan rings is 1. The minimum Gasteiger partial charge on any atom is -0.455 e. The highest BCUT2D eigenvalue weighted by Gasteiger charge is 2.23. The monoisotopic (exact) mass is 719 g/mol. The molecule has 0 radical (unpaired) electrons. The summed E-state index contributed by atoms with van der Waals surface area (Å²) >= 11 is 1.86. The average molecular weight is 720 g/mol. The number of anilines is 3. The molecule has 0 amide bonds. The van der Waals surface area contributed by atoms with Crippen LogP contribution < -0.4 is 4.90 Å². The summed E-state index contributed by atoms with van der Waals surface area (Å²) in [7, 11) is 0. The van der Waals surface area contributed by atoms with Gasteiger partial charge in [0.05, 0.1) is 16.1 Å². The van der Waals surface area contributed by atoms with E-state index in [1.165, 1.54) is 47.8 Å². The summed E-state index contributed by atoms with van der Waals surface area (Å²) in [6.45, 7) is 0. The highest BCUT2D eigenvalue weighted by atomic mass is 32.1. The third-order valence-electron chi connectivity index (χ3n) is 10.9. The van der Waals surface area contributed by atoms with Gasteiger partial charge in [0.2, 0.25) is 0 Å². The number of hydrogen-bond donors (Lipinski definition) is 0. The molecule has 0 spiro atoms. The second-order valence-corrected chi connectivity index (χ2v) is 15.1. The molecule has 9 aromatic carbocycles. The van der Waals surface area contributed by atoms with E-state index >= 15 is 0 Å². The van der Waals surface area contributed by atoms with Crippen molar-refractivity contribution < 1.29 is 4.42 Å². The Morgan fingerprint density at radius 3 is 1.80 bits per heavy atom. The number of nitrogens with zero attached hydrogens (tertiary/aromatic N) is 1. The lowest BCUT2D eigenvalue weighted by Gasteiger charge is -2.28. The first-order valence-corrected chi connectivity index (χ1v) is 19.5. The summed E-state index contributed by atoms with van der Waals surface area (Å²) in [6.07, 6.45) is 0. The zero-order valence-electron chi connectivity index (χ0n) is 29.8. The zero-order chi connectivity index (χ0) is 36.3. The maximum Gasteiger partial charge on any atom is 0.143 e. The Morgan fingerprint density at radius 2 is 0.982 bits per heavy atom. The molecule has 0 saturated heterocycles. The van der Waals surface area contributed by atoms with Crippen molar-refractivity contribution in [3.05, 3.63) is 200 Å². The smallest absolute Gasteiger partial charge is 0.143 e. The number of fused-ring (bicyclic) bond motifs is 8. The quantitative estimate of drug-likeness (QED) is 0.170. The van der Waals surface area contributed by atoms with Crippen molar-refractivity contribution in [2.24, 2.45) is 0 Å². The molecule has 0 saturated carbocycles. The van der Waals surface area contributed by atoms with Crippen LogP contribution in [0.15, 0.2) is 205 Å². The summed E-state index contributed by atoms with van der Waals surface area (Å²) in [4.78, 5) is 2.45. The fourth-order valence-corrected chi connectivity index (χ4v) is 9.49. The Kier molecular flexibility index (Phi) is 7.39. The summed E-state index contributed by atoms with van der Waals surface area (Å²) in [5, 5.41) is 7.11. The second-order valence-electron chi connectivity index (χ2n) is 14.0. The van der Waals surface area contributed by atoms with Gasteiger partial charge >= 0.3 is 0 Å². The summed E-state index contributed by atoms with van der Waals surface area (Å²) in [5.41, 5.74) is 12.3. The lowest BCUT2D eigenvalue weighted by atomic mass is 9.96.